The zero-order valence-electron chi connectivity index (χ0n) is 9.67. The van der Waals surface area contributed by atoms with Crippen LogP contribution in [0.2, 0.25) is 0 Å². The molecule has 0 bridgehead atoms. The van der Waals surface area contributed by atoms with Crippen molar-refractivity contribution in [2.75, 3.05) is 19.7 Å². The molecule has 1 aliphatic heterocycles. The fourth-order valence-corrected chi connectivity index (χ4v) is 1.98. The third-order valence-electron chi connectivity index (χ3n) is 2.69. The molecule has 1 fully saturated rings. The number of carbonyl (C=O) groups is 1. The molecule has 2 heterocycles. The molecule has 0 spiro atoms. The number of aliphatic carboxylic acids is 1. The largest absolute Gasteiger partial charge is 0.480 e. The maximum absolute atomic E-state index is 10.4. The summed E-state index contributed by atoms with van der Waals surface area (Å²) < 4.78 is 5.32. The zero-order valence-corrected chi connectivity index (χ0v) is 9.67. The van der Waals surface area contributed by atoms with Crippen molar-refractivity contribution in [2.45, 2.75) is 19.1 Å². The summed E-state index contributed by atoms with van der Waals surface area (Å²) in [6, 6.07) is 1.87. The molecule has 0 radical (unpaired) electrons. The van der Waals surface area contributed by atoms with Crippen LogP contribution < -0.4 is 0 Å². The second kappa shape index (κ2) is 4.77. The Balaban J connectivity index is 1.77. The summed E-state index contributed by atoms with van der Waals surface area (Å²) in [5, 5.41) is 8.54. The summed E-state index contributed by atoms with van der Waals surface area (Å²) in [6.45, 7) is 3.88. The molecule has 1 aromatic rings. The van der Waals surface area contributed by atoms with Crippen molar-refractivity contribution in [2.24, 2.45) is 0 Å². The van der Waals surface area contributed by atoms with Gasteiger partial charge in [0, 0.05) is 25.8 Å². The Hall–Kier alpha value is -1.53. The Morgan fingerprint density at radius 1 is 1.65 bits per heavy atom. The lowest BCUT2D eigenvalue weighted by Crippen LogP contribution is -2.61. The van der Waals surface area contributed by atoms with E-state index in [1.54, 1.807) is 6.20 Å². The Morgan fingerprint density at radius 2 is 2.41 bits per heavy atom. The first-order valence-electron chi connectivity index (χ1n) is 5.40. The topological polar surface area (TPSA) is 75.6 Å². The van der Waals surface area contributed by atoms with Gasteiger partial charge in [0.15, 0.2) is 0 Å². The smallest absolute Gasteiger partial charge is 0.329 e. The molecule has 0 amide bonds. The van der Waals surface area contributed by atoms with E-state index in [0.717, 1.165) is 25.3 Å². The van der Waals surface area contributed by atoms with Crippen molar-refractivity contribution in [3.05, 3.63) is 24.3 Å². The molecule has 6 nitrogen and oxygen atoms in total. The van der Waals surface area contributed by atoms with Crippen molar-refractivity contribution in [1.29, 1.82) is 0 Å². The average Bonchev–Trinajstić information content (AvgIpc) is 2.26. The standard InChI is InChI=1S/C11H15N3O3/c1-11(17-5-10(15)16)6-14(7-11)4-9-2-3-12-8-13-9/h2-3,8H,4-7H2,1H3,(H,15,16). The van der Waals surface area contributed by atoms with E-state index in [4.69, 9.17) is 9.84 Å². The highest BCUT2D eigenvalue weighted by Gasteiger charge is 2.40. The van der Waals surface area contributed by atoms with Gasteiger partial charge in [-0.2, -0.15) is 0 Å². The van der Waals surface area contributed by atoms with E-state index in [1.807, 2.05) is 13.0 Å². The molecule has 1 aromatic heterocycles. The maximum Gasteiger partial charge on any atom is 0.329 e. The highest BCUT2D eigenvalue weighted by Crippen LogP contribution is 2.25. The molecule has 0 aromatic carbocycles. The third kappa shape index (κ3) is 3.21. The summed E-state index contributed by atoms with van der Waals surface area (Å²) in [6.07, 6.45) is 3.23. The minimum Gasteiger partial charge on any atom is -0.480 e. The molecule has 1 N–H and O–H groups in total. The van der Waals surface area contributed by atoms with Gasteiger partial charge in [0.1, 0.15) is 12.9 Å². The van der Waals surface area contributed by atoms with Crippen LogP contribution in [0.5, 0.6) is 0 Å². The number of aromatic nitrogens is 2. The van der Waals surface area contributed by atoms with Crippen molar-refractivity contribution >= 4 is 5.97 Å². The molecular weight excluding hydrogens is 222 g/mol. The van der Waals surface area contributed by atoms with Crippen LogP contribution in [0.25, 0.3) is 0 Å². The van der Waals surface area contributed by atoms with Crippen LogP contribution in [-0.4, -0.2) is 51.2 Å². The first kappa shape index (κ1) is 11.9. The summed E-state index contributed by atoms with van der Waals surface area (Å²) in [4.78, 5) is 20.5. The van der Waals surface area contributed by atoms with Crippen LogP contribution >= 0.6 is 0 Å². The van der Waals surface area contributed by atoms with E-state index in [2.05, 4.69) is 14.9 Å². The summed E-state index contributed by atoms with van der Waals surface area (Å²) in [5.41, 5.74) is 0.617. The van der Waals surface area contributed by atoms with Gasteiger partial charge < -0.3 is 9.84 Å². The Labute approximate surface area is 99.2 Å². The van der Waals surface area contributed by atoms with Crippen molar-refractivity contribution in [1.82, 2.24) is 14.9 Å². The molecule has 0 atom stereocenters. The van der Waals surface area contributed by atoms with E-state index in [0.29, 0.717) is 0 Å². The molecule has 92 valence electrons. The third-order valence-corrected chi connectivity index (χ3v) is 2.69. The number of carboxylic acids is 1. The van der Waals surface area contributed by atoms with Crippen molar-refractivity contribution in [3.8, 4) is 0 Å². The number of hydrogen-bond acceptors (Lipinski definition) is 5. The fraction of sp³-hybridized carbons (Fsp3) is 0.545. The Bertz CT molecular complexity index is 390. The lowest BCUT2D eigenvalue weighted by molar-refractivity contribution is -0.165. The molecule has 0 unspecified atom stereocenters. The first-order valence-corrected chi connectivity index (χ1v) is 5.40. The zero-order chi connectivity index (χ0) is 12.3. The molecule has 6 heteroatoms. The number of carboxylic acid groups (broad SMARTS) is 1. The molecular formula is C11H15N3O3. The van der Waals surface area contributed by atoms with Gasteiger partial charge in [-0.05, 0) is 13.0 Å². The molecule has 0 aliphatic carbocycles. The van der Waals surface area contributed by atoms with Gasteiger partial charge in [-0.3, -0.25) is 4.90 Å². The average molecular weight is 237 g/mol. The SMILES string of the molecule is CC1(OCC(=O)O)CN(Cc2ccncn2)C1. The molecule has 1 saturated heterocycles. The van der Waals surface area contributed by atoms with E-state index in [-0.39, 0.29) is 12.2 Å². The Kier molecular flexibility index (Phi) is 3.35. The molecule has 17 heavy (non-hydrogen) atoms. The second-order valence-electron chi connectivity index (χ2n) is 4.48. The number of likely N-dealkylation sites (tertiary alicyclic amines) is 1. The number of rotatable bonds is 5. The van der Waals surface area contributed by atoms with E-state index < -0.39 is 5.97 Å². The van der Waals surface area contributed by atoms with Gasteiger partial charge in [0.2, 0.25) is 0 Å². The van der Waals surface area contributed by atoms with Crippen LogP contribution in [0.4, 0.5) is 0 Å². The normalized spacial score (nSPS) is 18.6. The van der Waals surface area contributed by atoms with Gasteiger partial charge in [0.05, 0.1) is 11.3 Å². The van der Waals surface area contributed by atoms with Crippen LogP contribution in [-0.2, 0) is 16.1 Å². The fourth-order valence-electron chi connectivity index (χ4n) is 1.98. The maximum atomic E-state index is 10.4. The number of ether oxygens (including phenoxy) is 1. The number of hydrogen-bond donors (Lipinski definition) is 1. The minimum atomic E-state index is -0.930. The van der Waals surface area contributed by atoms with Crippen LogP contribution in [0, 0.1) is 0 Å². The molecule has 2 rings (SSSR count). The van der Waals surface area contributed by atoms with Gasteiger partial charge in [-0.15, -0.1) is 0 Å². The monoisotopic (exact) mass is 237 g/mol. The second-order valence-corrected chi connectivity index (χ2v) is 4.48. The highest BCUT2D eigenvalue weighted by molar-refractivity contribution is 5.68. The minimum absolute atomic E-state index is 0.238. The predicted octanol–water partition coefficient (Wildman–Crippen LogP) is 0.152. The van der Waals surface area contributed by atoms with Gasteiger partial charge >= 0.3 is 5.97 Å². The van der Waals surface area contributed by atoms with Crippen molar-refractivity contribution in [3.63, 3.8) is 0 Å². The van der Waals surface area contributed by atoms with E-state index >= 15 is 0 Å². The summed E-state index contributed by atoms with van der Waals surface area (Å²) in [7, 11) is 0. The highest BCUT2D eigenvalue weighted by atomic mass is 16.5. The van der Waals surface area contributed by atoms with E-state index in [9.17, 15) is 4.79 Å². The molecule has 1 aliphatic rings. The number of nitrogens with zero attached hydrogens (tertiary/aromatic N) is 3. The predicted molar refractivity (Wildman–Crippen MR) is 59.3 cm³/mol. The van der Waals surface area contributed by atoms with Gasteiger partial charge in [-0.25, -0.2) is 14.8 Å². The van der Waals surface area contributed by atoms with Gasteiger partial charge in [0.25, 0.3) is 0 Å². The van der Waals surface area contributed by atoms with Crippen molar-refractivity contribution < 1.29 is 14.6 Å². The van der Waals surface area contributed by atoms with E-state index in [1.165, 1.54) is 6.33 Å². The first-order chi connectivity index (χ1) is 8.07. The van der Waals surface area contributed by atoms with Gasteiger partial charge in [-0.1, -0.05) is 0 Å². The molecule has 0 saturated carbocycles. The van der Waals surface area contributed by atoms with Crippen LogP contribution in [0.3, 0.4) is 0 Å². The lowest BCUT2D eigenvalue weighted by Gasteiger charge is -2.47. The Morgan fingerprint density at radius 3 is 3.00 bits per heavy atom. The lowest BCUT2D eigenvalue weighted by atomic mass is 9.96. The quantitative estimate of drug-likeness (QED) is 0.785. The summed E-state index contributed by atoms with van der Waals surface area (Å²) in [5.74, 6) is -0.930. The van der Waals surface area contributed by atoms with Crippen LogP contribution in [0.15, 0.2) is 18.6 Å². The van der Waals surface area contributed by atoms with Crippen LogP contribution in [0.1, 0.15) is 12.6 Å². The summed E-state index contributed by atoms with van der Waals surface area (Å²) >= 11 is 0.